The minimum atomic E-state index is -0.757. The molecule has 1 N–H and O–H groups in total. The molecule has 92 valence electrons. The first-order valence-electron chi connectivity index (χ1n) is 5.55. The summed E-state index contributed by atoms with van der Waals surface area (Å²) in [5.74, 6) is -0.0892. The van der Waals surface area contributed by atoms with Gasteiger partial charge in [0.2, 0.25) is 0 Å². The highest BCUT2D eigenvalue weighted by atomic mass is 35.5. The lowest BCUT2D eigenvalue weighted by Gasteiger charge is -2.16. The van der Waals surface area contributed by atoms with Crippen molar-refractivity contribution in [2.45, 2.75) is 31.6 Å². The number of halogens is 1. The minimum Gasteiger partial charge on any atom is -0.495 e. The van der Waals surface area contributed by atoms with Crippen LogP contribution in [0, 0.1) is 6.92 Å². The third kappa shape index (κ3) is 2.25. The Morgan fingerprint density at radius 2 is 2.18 bits per heavy atom. The fourth-order valence-electron chi connectivity index (χ4n) is 2.30. The van der Waals surface area contributed by atoms with Gasteiger partial charge in [-0.3, -0.25) is 4.79 Å². The molecule has 0 spiro atoms. The highest BCUT2D eigenvalue weighted by molar-refractivity contribution is 6.32. The predicted octanol–water partition coefficient (Wildman–Crippen LogP) is 3.16. The van der Waals surface area contributed by atoms with E-state index in [9.17, 15) is 4.79 Å². The largest absolute Gasteiger partial charge is 0.495 e. The van der Waals surface area contributed by atoms with Crippen LogP contribution in [0.2, 0.25) is 5.02 Å². The summed E-state index contributed by atoms with van der Waals surface area (Å²) < 4.78 is 5.20. The number of benzene rings is 1. The summed E-state index contributed by atoms with van der Waals surface area (Å²) >= 11 is 6.13. The van der Waals surface area contributed by atoms with Crippen molar-refractivity contribution >= 4 is 17.6 Å². The number of rotatable bonds is 4. The van der Waals surface area contributed by atoms with E-state index in [1.165, 1.54) is 0 Å². The summed E-state index contributed by atoms with van der Waals surface area (Å²) in [6, 6.07) is 3.82. The van der Waals surface area contributed by atoms with E-state index < -0.39 is 5.97 Å². The maximum absolute atomic E-state index is 10.9. The van der Waals surface area contributed by atoms with E-state index >= 15 is 0 Å². The van der Waals surface area contributed by atoms with Gasteiger partial charge in [-0.1, -0.05) is 17.7 Å². The molecule has 3 nitrogen and oxygen atoms in total. The molecule has 2 rings (SSSR count). The van der Waals surface area contributed by atoms with E-state index in [0.29, 0.717) is 10.8 Å². The summed E-state index contributed by atoms with van der Waals surface area (Å²) in [7, 11) is 1.58. The lowest BCUT2D eigenvalue weighted by atomic mass is 9.91. The fourth-order valence-corrected chi connectivity index (χ4v) is 2.65. The van der Waals surface area contributed by atoms with Crippen LogP contribution in [0.1, 0.15) is 30.4 Å². The number of carboxylic acids is 1. The van der Waals surface area contributed by atoms with Gasteiger partial charge in [-0.05, 0) is 37.0 Å². The maximum atomic E-state index is 10.9. The number of carboxylic acid groups (broad SMARTS) is 1. The van der Waals surface area contributed by atoms with Gasteiger partial charge in [0.15, 0.2) is 0 Å². The first kappa shape index (κ1) is 12.2. The van der Waals surface area contributed by atoms with Crippen molar-refractivity contribution in [2.75, 3.05) is 7.11 Å². The van der Waals surface area contributed by atoms with Gasteiger partial charge in [-0.15, -0.1) is 0 Å². The van der Waals surface area contributed by atoms with E-state index in [0.717, 1.165) is 24.0 Å². The van der Waals surface area contributed by atoms with Crippen molar-refractivity contribution in [3.8, 4) is 5.75 Å². The molecule has 0 heterocycles. The molecule has 17 heavy (non-hydrogen) atoms. The normalized spacial score (nSPS) is 16.6. The molecular formula is C13H15ClO3. The van der Waals surface area contributed by atoms with Gasteiger partial charge >= 0.3 is 5.97 Å². The van der Waals surface area contributed by atoms with Crippen molar-refractivity contribution in [2.24, 2.45) is 0 Å². The van der Waals surface area contributed by atoms with E-state index in [1.54, 1.807) is 7.11 Å². The van der Waals surface area contributed by atoms with Crippen LogP contribution in [0.3, 0.4) is 0 Å². The Hall–Kier alpha value is -1.22. The highest BCUT2D eigenvalue weighted by Gasteiger charge is 2.46. The molecule has 0 radical (unpaired) electrons. The third-order valence-corrected chi connectivity index (χ3v) is 3.67. The number of aliphatic carboxylic acids is 1. The van der Waals surface area contributed by atoms with Gasteiger partial charge in [0.05, 0.1) is 18.6 Å². The summed E-state index contributed by atoms with van der Waals surface area (Å²) in [6.07, 6.45) is 2.01. The lowest BCUT2D eigenvalue weighted by molar-refractivity contribution is -0.137. The fraction of sp³-hybridized carbons (Fsp3) is 0.462. The molecule has 1 aromatic carbocycles. The number of ether oxygens (including phenoxy) is 1. The Labute approximate surface area is 105 Å². The second kappa shape index (κ2) is 4.22. The van der Waals surface area contributed by atoms with Gasteiger partial charge in [0, 0.05) is 5.41 Å². The number of methoxy groups -OCH3 is 1. The number of hydrogen-bond donors (Lipinski definition) is 1. The van der Waals surface area contributed by atoms with Crippen molar-refractivity contribution in [3.63, 3.8) is 0 Å². The number of hydrogen-bond acceptors (Lipinski definition) is 2. The van der Waals surface area contributed by atoms with Crippen LogP contribution < -0.4 is 4.74 Å². The zero-order chi connectivity index (χ0) is 12.6. The van der Waals surface area contributed by atoms with E-state index in [4.69, 9.17) is 21.4 Å². The molecule has 0 aromatic heterocycles. The van der Waals surface area contributed by atoms with Crippen LogP contribution in [-0.4, -0.2) is 18.2 Å². The van der Waals surface area contributed by atoms with Gasteiger partial charge < -0.3 is 9.84 Å². The smallest absolute Gasteiger partial charge is 0.304 e. The van der Waals surface area contributed by atoms with Crippen molar-refractivity contribution in [3.05, 3.63) is 28.3 Å². The second-order valence-corrected chi connectivity index (χ2v) is 5.07. The molecule has 0 amide bonds. The molecule has 0 unspecified atom stereocenters. The first-order valence-corrected chi connectivity index (χ1v) is 5.93. The predicted molar refractivity (Wildman–Crippen MR) is 65.9 cm³/mol. The highest BCUT2D eigenvalue weighted by Crippen LogP contribution is 2.52. The number of aryl methyl sites for hydroxylation is 1. The Bertz CT molecular complexity index is 441. The minimum absolute atomic E-state index is 0.176. The second-order valence-electron chi connectivity index (χ2n) is 4.66. The molecule has 1 aliphatic rings. The van der Waals surface area contributed by atoms with Crippen LogP contribution in [0.5, 0.6) is 5.75 Å². The van der Waals surface area contributed by atoms with Gasteiger partial charge in [0.25, 0.3) is 0 Å². The molecular weight excluding hydrogens is 240 g/mol. The van der Waals surface area contributed by atoms with Crippen molar-refractivity contribution in [1.29, 1.82) is 0 Å². The third-order valence-electron chi connectivity index (χ3n) is 3.39. The Kier molecular flexibility index (Phi) is 3.04. The monoisotopic (exact) mass is 254 g/mol. The van der Waals surface area contributed by atoms with Gasteiger partial charge in [0.1, 0.15) is 5.75 Å². The summed E-state index contributed by atoms with van der Waals surface area (Å²) in [6.45, 7) is 1.92. The molecule has 1 aromatic rings. The van der Waals surface area contributed by atoms with Crippen LogP contribution in [0.4, 0.5) is 0 Å². The summed E-state index contributed by atoms with van der Waals surface area (Å²) in [5, 5.41) is 9.49. The SMILES string of the molecule is COc1c(C)cc(C2(CC(=O)O)CC2)cc1Cl. The van der Waals surface area contributed by atoms with Gasteiger partial charge in [-0.2, -0.15) is 0 Å². The first-order chi connectivity index (χ1) is 7.98. The Morgan fingerprint density at radius 3 is 2.59 bits per heavy atom. The van der Waals surface area contributed by atoms with Crippen LogP contribution >= 0.6 is 11.6 Å². The van der Waals surface area contributed by atoms with E-state index in [-0.39, 0.29) is 11.8 Å². The average Bonchev–Trinajstić information content (AvgIpc) is 2.97. The number of carbonyl (C=O) groups is 1. The molecule has 1 saturated carbocycles. The van der Waals surface area contributed by atoms with Crippen LogP contribution in [0.15, 0.2) is 12.1 Å². The van der Waals surface area contributed by atoms with Crippen molar-refractivity contribution in [1.82, 2.24) is 0 Å². The molecule has 0 bridgehead atoms. The quantitative estimate of drug-likeness (QED) is 0.898. The Balaban J connectivity index is 2.37. The summed E-state index contributed by atoms with van der Waals surface area (Å²) in [4.78, 5) is 10.9. The molecule has 0 atom stereocenters. The van der Waals surface area contributed by atoms with Gasteiger partial charge in [-0.25, -0.2) is 0 Å². The summed E-state index contributed by atoms with van der Waals surface area (Å²) in [5.41, 5.74) is 1.77. The van der Waals surface area contributed by atoms with Crippen molar-refractivity contribution < 1.29 is 14.6 Å². The Morgan fingerprint density at radius 1 is 1.53 bits per heavy atom. The lowest BCUT2D eigenvalue weighted by Crippen LogP contribution is -2.13. The topological polar surface area (TPSA) is 46.5 Å². The average molecular weight is 255 g/mol. The standard InChI is InChI=1S/C13H15ClO3/c1-8-5-9(6-10(14)12(8)17-2)13(3-4-13)7-11(15)16/h5-6H,3-4,7H2,1-2H3,(H,15,16). The van der Waals surface area contributed by atoms with Crippen LogP contribution in [-0.2, 0) is 10.2 Å². The van der Waals surface area contributed by atoms with E-state index in [2.05, 4.69) is 0 Å². The zero-order valence-corrected chi connectivity index (χ0v) is 10.7. The molecule has 1 aliphatic carbocycles. The molecule has 0 saturated heterocycles. The zero-order valence-electron chi connectivity index (χ0n) is 9.92. The molecule has 1 fully saturated rings. The molecule has 4 heteroatoms. The van der Waals surface area contributed by atoms with E-state index in [1.807, 2.05) is 19.1 Å². The van der Waals surface area contributed by atoms with Crippen LogP contribution in [0.25, 0.3) is 0 Å². The molecule has 0 aliphatic heterocycles. The maximum Gasteiger partial charge on any atom is 0.304 e.